The summed E-state index contributed by atoms with van der Waals surface area (Å²) in [5, 5.41) is 0. The molecule has 16 heavy (non-hydrogen) atoms. The van der Waals surface area contributed by atoms with Gasteiger partial charge in [-0.3, -0.25) is 0 Å². The summed E-state index contributed by atoms with van der Waals surface area (Å²) in [5.41, 5.74) is 0. The Bertz CT molecular complexity index is 126. The molecule has 0 radical (unpaired) electrons. The van der Waals surface area contributed by atoms with Gasteiger partial charge in [0, 0.05) is 0 Å². The lowest BCUT2D eigenvalue weighted by molar-refractivity contribution is 0.340. The van der Waals surface area contributed by atoms with E-state index in [9.17, 15) is 0 Å². The summed E-state index contributed by atoms with van der Waals surface area (Å²) in [4.78, 5) is 0. The first-order chi connectivity index (χ1) is 7.26. The molecule has 1 rings (SSSR count). The molecule has 1 fully saturated rings. The molecule has 100 valence electrons. The zero-order valence-corrected chi connectivity index (χ0v) is 11.7. The van der Waals surface area contributed by atoms with E-state index in [-0.39, 0.29) is 7.43 Å². The Morgan fingerprint density at radius 2 is 1.75 bits per heavy atom. The molecule has 0 aromatic carbocycles. The van der Waals surface area contributed by atoms with Crippen molar-refractivity contribution in [3.05, 3.63) is 0 Å². The van der Waals surface area contributed by atoms with Gasteiger partial charge in [-0.05, 0) is 30.6 Å². The summed E-state index contributed by atoms with van der Waals surface area (Å²) < 4.78 is 0. The minimum atomic E-state index is 0. The SMILES string of the molecule is C.CC.CCCC(CC)CC1CCC(C)C1. The highest BCUT2D eigenvalue weighted by Crippen LogP contribution is 2.36. The van der Waals surface area contributed by atoms with Crippen molar-refractivity contribution in [2.24, 2.45) is 17.8 Å². The molecule has 0 heteroatoms. The van der Waals surface area contributed by atoms with Gasteiger partial charge in [-0.25, -0.2) is 0 Å². The van der Waals surface area contributed by atoms with Gasteiger partial charge in [0.15, 0.2) is 0 Å². The first kappa shape index (κ1) is 18.4. The zero-order chi connectivity index (χ0) is 11.7. The maximum Gasteiger partial charge on any atom is -0.0409 e. The second-order valence-electron chi connectivity index (χ2n) is 5.08. The summed E-state index contributed by atoms with van der Waals surface area (Å²) in [5.74, 6) is 3.12. The summed E-state index contributed by atoms with van der Waals surface area (Å²) in [6, 6.07) is 0. The molecule has 0 aromatic rings. The van der Waals surface area contributed by atoms with E-state index in [2.05, 4.69) is 20.8 Å². The fraction of sp³-hybridized carbons (Fsp3) is 1.00. The van der Waals surface area contributed by atoms with E-state index < -0.39 is 0 Å². The van der Waals surface area contributed by atoms with Crippen molar-refractivity contribution in [1.29, 1.82) is 0 Å². The fourth-order valence-electron chi connectivity index (χ4n) is 2.91. The molecular formula is C16H36. The molecule has 3 atom stereocenters. The Morgan fingerprint density at radius 1 is 1.12 bits per heavy atom. The third kappa shape index (κ3) is 7.30. The monoisotopic (exact) mass is 228 g/mol. The molecule has 1 saturated carbocycles. The Balaban J connectivity index is 0. The highest BCUT2D eigenvalue weighted by molar-refractivity contribution is 4.75. The van der Waals surface area contributed by atoms with Crippen LogP contribution >= 0.6 is 0 Å². The van der Waals surface area contributed by atoms with E-state index >= 15 is 0 Å². The van der Waals surface area contributed by atoms with Crippen molar-refractivity contribution in [2.75, 3.05) is 0 Å². The normalized spacial score (nSPS) is 25.3. The molecule has 0 amide bonds. The molecule has 0 aliphatic heterocycles. The van der Waals surface area contributed by atoms with Crippen LogP contribution in [0.2, 0.25) is 0 Å². The Hall–Kier alpha value is 0. The molecule has 0 aromatic heterocycles. The van der Waals surface area contributed by atoms with Crippen LogP contribution in [0.25, 0.3) is 0 Å². The summed E-state index contributed by atoms with van der Waals surface area (Å²) in [6.45, 7) is 11.1. The maximum absolute atomic E-state index is 2.42. The topological polar surface area (TPSA) is 0 Å². The molecule has 0 heterocycles. The van der Waals surface area contributed by atoms with Crippen molar-refractivity contribution >= 4 is 0 Å². The van der Waals surface area contributed by atoms with Crippen molar-refractivity contribution < 1.29 is 0 Å². The Kier molecular flexibility index (Phi) is 13.2. The molecule has 3 unspecified atom stereocenters. The van der Waals surface area contributed by atoms with Crippen LogP contribution in [0.1, 0.15) is 87.0 Å². The number of rotatable bonds is 5. The minimum Gasteiger partial charge on any atom is -0.0776 e. The smallest absolute Gasteiger partial charge is 0.0409 e. The summed E-state index contributed by atoms with van der Waals surface area (Å²) in [7, 11) is 0. The highest BCUT2D eigenvalue weighted by Gasteiger charge is 2.23. The van der Waals surface area contributed by atoms with Crippen molar-refractivity contribution in [1.82, 2.24) is 0 Å². The zero-order valence-electron chi connectivity index (χ0n) is 11.7. The quantitative estimate of drug-likeness (QED) is 0.518. The molecule has 0 saturated heterocycles. The molecule has 0 N–H and O–H groups in total. The predicted octanol–water partition coefficient (Wildman–Crippen LogP) is 6.30. The van der Waals surface area contributed by atoms with Crippen molar-refractivity contribution in [3.8, 4) is 0 Å². The maximum atomic E-state index is 2.42. The number of hydrogen-bond donors (Lipinski definition) is 0. The van der Waals surface area contributed by atoms with Crippen LogP contribution in [0.4, 0.5) is 0 Å². The third-order valence-corrected chi connectivity index (χ3v) is 3.74. The van der Waals surface area contributed by atoms with Crippen LogP contribution in [-0.2, 0) is 0 Å². The summed E-state index contributed by atoms with van der Waals surface area (Å²) >= 11 is 0. The molecule has 0 bridgehead atoms. The van der Waals surface area contributed by atoms with Gasteiger partial charge in [0.1, 0.15) is 0 Å². The second-order valence-corrected chi connectivity index (χ2v) is 5.08. The second kappa shape index (κ2) is 11.5. The third-order valence-electron chi connectivity index (χ3n) is 3.74. The van der Waals surface area contributed by atoms with Crippen LogP contribution in [0.5, 0.6) is 0 Å². The van der Waals surface area contributed by atoms with Gasteiger partial charge in [0.25, 0.3) is 0 Å². The fourth-order valence-corrected chi connectivity index (χ4v) is 2.91. The highest BCUT2D eigenvalue weighted by atomic mass is 14.3. The van der Waals surface area contributed by atoms with Crippen molar-refractivity contribution in [3.63, 3.8) is 0 Å². The van der Waals surface area contributed by atoms with E-state index in [1.807, 2.05) is 13.8 Å². The standard InChI is InChI=1S/C13H26.C2H6.CH4/c1-4-6-12(5-2)10-13-8-7-11(3)9-13;1-2;/h11-13H,4-10H2,1-3H3;1-2H3;1H4. The predicted molar refractivity (Wildman–Crippen MR) is 77.9 cm³/mol. The van der Waals surface area contributed by atoms with Gasteiger partial charge >= 0.3 is 0 Å². The minimum absolute atomic E-state index is 0. The van der Waals surface area contributed by atoms with E-state index in [1.165, 1.54) is 44.9 Å². The van der Waals surface area contributed by atoms with Gasteiger partial charge in [0.05, 0.1) is 0 Å². The van der Waals surface area contributed by atoms with Crippen LogP contribution in [0.15, 0.2) is 0 Å². The molecule has 1 aliphatic carbocycles. The van der Waals surface area contributed by atoms with Gasteiger partial charge in [0.2, 0.25) is 0 Å². The summed E-state index contributed by atoms with van der Waals surface area (Å²) in [6.07, 6.45) is 10.3. The lowest BCUT2D eigenvalue weighted by Crippen LogP contribution is -2.05. The van der Waals surface area contributed by atoms with Crippen molar-refractivity contribution in [2.45, 2.75) is 87.0 Å². The molecule has 1 aliphatic rings. The van der Waals surface area contributed by atoms with Gasteiger partial charge in [-0.1, -0.05) is 74.1 Å². The Morgan fingerprint density at radius 3 is 2.12 bits per heavy atom. The van der Waals surface area contributed by atoms with E-state index in [1.54, 1.807) is 0 Å². The first-order valence-corrected chi connectivity index (χ1v) is 7.26. The molecular weight excluding hydrogens is 192 g/mol. The van der Waals surface area contributed by atoms with Crippen LogP contribution in [0.3, 0.4) is 0 Å². The van der Waals surface area contributed by atoms with Gasteiger partial charge in [-0.15, -0.1) is 0 Å². The van der Waals surface area contributed by atoms with Crippen LogP contribution in [0, 0.1) is 17.8 Å². The van der Waals surface area contributed by atoms with E-state index in [0.29, 0.717) is 0 Å². The Labute approximate surface area is 105 Å². The molecule has 0 spiro atoms. The van der Waals surface area contributed by atoms with Crippen LogP contribution in [-0.4, -0.2) is 0 Å². The van der Waals surface area contributed by atoms with Crippen LogP contribution < -0.4 is 0 Å². The molecule has 0 nitrogen and oxygen atoms in total. The largest absolute Gasteiger partial charge is 0.0776 e. The van der Waals surface area contributed by atoms with E-state index in [0.717, 1.165) is 17.8 Å². The lowest BCUT2D eigenvalue weighted by atomic mass is 9.88. The van der Waals surface area contributed by atoms with Gasteiger partial charge < -0.3 is 0 Å². The van der Waals surface area contributed by atoms with E-state index in [4.69, 9.17) is 0 Å². The average Bonchev–Trinajstić information content (AvgIpc) is 2.66. The lowest BCUT2D eigenvalue weighted by Gasteiger charge is -2.18. The average molecular weight is 228 g/mol. The number of hydrogen-bond acceptors (Lipinski definition) is 0. The first-order valence-electron chi connectivity index (χ1n) is 7.26. The van der Waals surface area contributed by atoms with Gasteiger partial charge in [-0.2, -0.15) is 0 Å².